The number of rotatable bonds is 4. The molecule has 1 aromatic heterocycles. The van der Waals surface area contributed by atoms with Gasteiger partial charge in [0.2, 0.25) is 0 Å². The van der Waals surface area contributed by atoms with Crippen LogP contribution in [0, 0.1) is 0 Å². The highest BCUT2D eigenvalue weighted by atomic mass is 79.9. The van der Waals surface area contributed by atoms with Gasteiger partial charge in [0.05, 0.1) is 6.10 Å². The number of aliphatic hydroxyl groups is 1. The monoisotopic (exact) mass is 263 g/mol. The van der Waals surface area contributed by atoms with Crippen molar-refractivity contribution < 1.29 is 5.11 Å². The topological polar surface area (TPSA) is 23.5 Å². The van der Waals surface area contributed by atoms with E-state index in [2.05, 4.69) is 20.8 Å². The maximum atomic E-state index is 9.79. The lowest BCUT2D eigenvalue weighted by Crippen LogP contribution is -2.15. The maximum Gasteiger partial charge on any atom is 0.0905 e. The summed E-state index contributed by atoms with van der Waals surface area (Å²) in [6.45, 7) is 0.908. The number of hydrogen-bond donors (Lipinski definition) is 1. The fourth-order valence-electron chi connectivity index (χ4n) is 1.05. The van der Waals surface area contributed by atoms with Crippen molar-refractivity contribution in [2.24, 2.45) is 0 Å². The molecule has 1 N–H and O–H groups in total. The van der Waals surface area contributed by atoms with Crippen molar-refractivity contribution in [1.29, 1.82) is 0 Å². The van der Waals surface area contributed by atoms with Crippen molar-refractivity contribution in [2.45, 2.75) is 12.5 Å². The normalized spacial score (nSPS) is 13.6. The van der Waals surface area contributed by atoms with Crippen LogP contribution in [0.15, 0.2) is 15.9 Å². The smallest absolute Gasteiger partial charge is 0.0905 e. The second kappa shape index (κ2) is 5.10. The van der Waals surface area contributed by atoms with Gasteiger partial charge in [-0.1, -0.05) is 0 Å². The van der Waals surface area contributed by atoms with Crippen molar-refractivity contribution in [1.82, 2.24) is 4.90 Å². The van der Waals surface area contributed by atoms with Crippen LogP contribution in [0.4, 0.5) is 0 Å². The quantitative estimate of drug-likeness (QED) is 0.903. The van der Waals surface area contributed by atoms with Gasteiger partial charge >= 0.3 is 0 Å². The third-order valence-corrected chi connectivity index (χ3v) is 3.77. The van der Waals surface area contributed by atoms with Gasteiger partial charge in [0.25, 0.3) is 0 Å². The van der Waals surface area contributed by atoms with Crippen LogP contribution in [0.25, 0.3) is 0 Å². The third kappa shape index (κ3) is 3.38. The van der Waals surface area contributed by atoms with Crippen LogP contribution in [0.5, 0.6) is 0 Å². The molecule has 1 unspecified atom stereocenters. The van der Waals surface area contributed by atoms with Crippen LogP contribution in [-0.2, 0) is 0 Å². The minimum absolute atomic E-state index is 0.336. The molecular weight excluding hydrogens is 250 g/mol. The molecule has 0 saturated heterocycles. The van der Waals surface area contributed by atoms with Gasteiger partial charge in [-0.25, -0.2) is 0 Å². The molecule has 0 aliphatic carbocycles. The molecule has 74 valence electrons. The Bertz CT molecular complexity index is 262. The fourth-order valence-corrected chi connectivity index (χ4v) is 2.71. The Morgan fingerprint density at radius 3 is 2.77 bits per heavy atom. The number of thiophene rings is 1. The summed E-state index contributed by atoms with van der Waals surface area (Å²) in [6.07, 6.45) is 0.448. The first-order chi connectivity index (χ1) is 6.11. The van der Waals surface area contributed by atoms with Gasteiger partial charge in [-0.2, -0.15) is 0 Å². The third-order valence-electron chi connectivity index (χ3n) is 1.80. The predicted octanol–water partition coefficient (Wildman–Crippen LogP) is 2.50. The lowest BCUT2D eigenvalue weighted by Gasteiger charge is -2.13. The summed E-state index contributed by atoms with van der Waals surface area (Å²) < 4.78 is 1.02. The first kappa shape index (κ1) is 11.2. The van der Waals surface area contributed by atoms with Crippen molar-refractivity contribution >= 4 is 27.3 Å². The Kier molecular flexibility index (Phi) is 4.38. The zero-order chi connectivity index (χ0) is 9.84. The molecule has 0 amide bonds. The number of aliphatic hydroxyl groups excluding tert-OH is 1. The highest BCUT2D eigenvalue weighted by molar-refractivity contribution is 9.10. The minimum atomic E-state index is -0.336. The van der Waals surface area contributed by atoms with Crippen LogP contribution in [0.2, 0.25) is 0 Å². The van der Waals surface area contributed by atoms with Crippen LogP contribution < -0.4 is 0 Å². The van der Waals surface area contributed by atoms with Crippen LogP contribution in [0.1, 0.15) is 17.4 Å². The van der Waals surface area contributed by atoms with E-state index in [-0.39, 0.29) is 6.10 Å². The Labute approximate surface area is 91.3 Å². The Morgan fingerprint density at radius 1 is 1.62 bits per heavy atom. The summed E-state index contributed by atoms with van der Waals surface area (Å²) in [4.78, 5) is 3.10. The summed E-state index contributed by atoms with van der Waals surface area (Å²) in [5.74, 6) is 0. The lowest BCUT2D eigenvalue weighted by molar-refractivity contribution is 0.157. The summed E-state index contributed by atoms with van der Waals surface area (Å²) in [6, 6.07) is 1.97. The van der Waals surface area contributed by atoms with Gasteiger partial charge in [0, 0.05) is 15.9 Å². The van der Waals surface area contributed by atoms with E-state index in [4.69, 9.17) is 0 Å². The lowest BCUT2D eigenvalue weighted by atomic mass is 10.2. The second-order valence-electron chi connectivity index (χ2n) is 3.24. The van der Waals surface area contributed by atoms with E-state index in [9.17, 15) is 5.11 Å². The van der Waals surface area contributed by atoms with E-state index in [1.165, 1.54) is 0 Å². The Morgan fingerprint density at radius 2 is 2.31 bits per heavy atom. The summed E-state index contributed by atoms with van der Waals surface area (Å²) in [5, 5.41) is 11.8. The molecule has 0 fully saturated rings. The molecule has 0 aliphatic heterocycles. The van der Waals surface area contributed by atoms with E-state index < -0.39 is 0 Å². The molecule has 0 spiro atoms. The number of nitrogens with zero attached hydrogens (tertiary/aromatic N) is 1. The molecule has 0 aliphatic rings. The first-order valence-corrected chi connectivity index (χ1v) is 5.84. The summed E-state index contributed by atoms with van der Waals surface area (Å²) in [7, 11) is 4.02. The molecule has 1 rings (SSSR count). The van der Waals surface area contributed by atoms with Gasteiger partial charge in [0.1, 0.15) is 0 Å². The van der Waals surface area contributed by atoms with E-state index in [1.54, 1.807) is 11.3 Å². The van der Waals surface area contributed by atoms with Crippen molar-refractivity contribution in [3.63, 3.8) is 0 Å². The van der Waals surface area contributed by atoms with Crippen molar-refractivity contribution in [2.75, 3.05) is 20.6 Å². The zero-order valence-electron chi connectivity index (χ0n) is 7.83. The van der Waals surface area contributed by atoms with Gasteiger partial charge in [-0.3, -0.25) is 0 Å². The molecule has 1 aromatic rings. The molecule has 0 radical (unpaired) electrons. The highest BCUT2D eigenvalue weighted by Crippen LogP contribution is 2.30. The second-order valence-corrected chi connectivity index (χ2v) is 5.04. The summed E-state index contributed by atoms with van der Waals surface area (Å²) >= 11 is 5.00. The van der Waals surface area contributed by atoms with Crippen LogP contribution in [-0.4, -0.2) is 30.6 Å². The predicted molar refractivity (Wildman–Crippen MR) is 60.1 cm³/mol. The standard InChI is InChI=1S/C9H14BrNOS/c1-11(2)5-3-8(12)9-7(10)4-6-13-9/h4,6,8,12H,3,5H2,1-2H3. The van der Waals surface area contributed by atoms with E-state index in [0.717, 1.165) is 22.3 Å². The molecule has 0 aromatic carbocycles. The van der Waals surface area contributed by atoms with E-state index in [1.807, 2.05) is 25.5 Å². The van der Waals surface area contributed by atoms with E-state index in [0.29, 0.717) is 0 Å². The molecule has 0 saturated carbocycles. The highest BCUT2D eigenvalue weighted by Gasteiger charge is 2.12. The number of hydrogen-bond acceptors (Lipinski definition) is 3. The zero-order valence-corrected chi connectivity index (χ0v) is 10.2. The molecule has 0 bridgehead atoms. The van der Waals surface area contributed by atoms with Crippen molar-refractivity contribution in [3.8, 4) is 0 Å². The Balaban J connectivity index is 2.49. The molecule has 1 atom stereocenters. The average molecular weight is 264 g/mol. The van der Waals surface area contributed by atoms with Gasteiger partial charge in [0.15, 0.2) is 0 Å². The van der Waals surface area contributed by atoms with E-state index >= 15 is 0 Å². The van der Waals surface area contributed by atoms with Gasteiger partial charge in [-0.15, -0.1) is 11.3 Å². The SMILES string of the molecule is CN(C)CCC(O)c1sccc1Br. The minimum Gasteiger partial charge on any atom is -0.387 e. The van der Waals surface area contributed by atoms with Crippen LogP contribution >= 0.6 is 27.3 Å². The van der Waals surface area contributed by atoms with Gasteiger partial charge in [-0.05, 0) is 47.9 Å². The van der Waals surface area contributed by atoms with Gasteiger partial charge < -0.3 is 10.0 Å². The molecular formula is C9H14BrNOS. The van der Waals surface area contributed by atoms with Crippen LogP contribution in [0.3, 0.4) is 0 Å². The summed E-state index contributed by atoms with van der Waals surface area (Å²) in [5.41, 5.74) is 0. The maximum absolute atomic E-state index is 9.79. The first-order valence-electron chi connectivity index (χ1n) is 4.17. The molecule has 4 heteroatoms. The molecule has 13 heavy (non-hydrogen) atoms. The molecule has 2 nitrogen and oxygen atoms in total. The fraction of sp³-hybridized carbons (Fsp3) is 0.556. The molecule has 1 heterocycles. The van der Waals surface area contributed by atoms with Crippen molar-refractivity contribution in [3.05, 3.63) is 20.8 Å². The average Bonchev–Trinajstić information content (AvgIpc) is 2.47. The number of halogens is 1. The Hall–Kier alpha value is 0.100. The largest absolute Gasteiger partial charge is 0.387 e.